The Morgan fingerprint density at radius 2 is 1.52 bits per heavy atom. The van der Waals surface area contributed by atoms with E-state index in [4.69, 9.17) is 25.5 Å². The minimum atomic E-state index is -0.866. The van der Waals surface area contributed by atoms with Gasteiger partial charge in [0.05, 0.1) is 30.4 Å². The van der Waals surface area contributed by atoms with Gasteiger partial charge < -0.3 is 13.9 Å². The van der Waals surface area contributed by atoms with Gasteiger partial charge >= 0.3 is 0 Å². The standard InChI is InChI=1S/C20H14ClN3O5/c21-12-7-5-11(6-8-12)16-22-23-17(29-16)20-27-9-13(10-28-20)24-18(25)14-3-1-2-4-15(14)19(24)26/h1-8,13,20H,9-10H2. The Morgan fingerprint density at radius 3 is 2.14 bits per heavy atom. The van der Waals surface area contributed by atoms with Crippen LogP contribution in [0.2, 0.25) is 5.02 Å². The van der Waals surface area contributed by atoms with Gasteiger partial charge in [-0.25, -0.2) is 0 Å². The van der Waals surface area contributed by atoms with Crippen molar-refractivity contribution in [2.24, 2.45) is 0 Å². The molecule has 1 saturated heterocycles. The lowest BCUT2D eigenvalue weighted by molar-refractivity contribution is -0.211. The monoisotopic (exact) mass is 411 g/mol. The van der Waals surface area contributed by atoms with Crippen molar-refractivity contribution < 1.29 is 23.5 Å². The lowest BCUT2D eigenvalue weighted by Gasteiger charge is -2.32. The molecule has 0 unspecified atom stereocenters. The van der Waals surface area contributed by atoms with Gasteiger partial charge in [-0.2, -0.15) is 0 Å². The molecule has 8 nitrogen and oxygen atoms in total. The highest BCUT2D eigenvalue weighted by Gasteiger charge is 2.42. The van der Waals surface area contributed by atoms with Crippen molar-refractivity contribution in [2.45, 2.75) is 12.3 Å². The number of fused-ring (bicyclic) bond motifs is 1. The zero-order valence-corrected chi connectivity index (χ0v) is 15.7. The fourth-order valence-corrected chi connectivity index (χ4v) is 3.49. The Balaban J connectivity index is 1.28. The largest absolute Gasteiger partial charge is 0.416 e. The first-order chi connectivity index (χ1) is 14.1. The van der Waals surface area contributed by atoms with Gasteiger partial charge in [-0.05, 0) is 36.4 Å². The van der Waals surface area contributed by atoms with Gasteiger partial charge in [-0.3, -0.25) is 14.5 Å². The maximum atomic E-state index is 12.6. The van der Waals surface area contributed by atoms with Crippen molar-refractivity contribution in [3.63, 3.8) is 0 Å². The Labute approximate surface area is 170 Å². The van der Waals surface area contributed by atoms with E-state index in [0.717, 1.165) is 0 Å². The number of hydrogen-bond acceptors (Lipinski definition) is 7. The van der Waals surface area contributed by atoms with Crippen LogP contribution in [0.4, 0.5) is 0 Å². The molecule has 1 fully saturated rings. The van der Waals surface area contributed by atoms with E-state index >= 15 is 0 Å². The Hall–Kier alpha value is -3.07. The van der Waals surface area contributed by atoms with Gasteiger partial charge in [-0.1, -0.05) is 23.7 Å². The minimum Gasteiger partial charge on any atom is -0.416 e. The molecule has 0 atom stereocenters. The van der Waals surface area contributed by atoms with E-state index in [2.05, 4.69) is 10.2 Å². The molecule has 3 heterocycles. The molecule has 9 heteroatoms. The number of imide groups is 1. The molecule has 146 valence electrons. The van der Waals surface area contributed by atoms with Crippen LogP contribution in [0.1, 0.15) is 32.9 Å². The molecule has 0 N–H and O–H groups in total. The zero-order chi connectivity index (χ0) is 20.0. The molecule has 29 heavy (non-hydrogen) atoms. The molecule has 3 aromatic rings. The number of aromatic nitrogens is 2. The number of amides is 2. The average molecular weight is 412 g/mol. The molecule has 2 aliphatic heterocycles. The topological polar surface area (TPSA) is 94.8 Å². The van der Waals surface area contributed by atoms with Gasteiger partial charge in [0.1, 0.15) is 0 Å². The molecular formula is C20H14ClN3O5. The van der Waals surface area contributed by atoms with E-state index in [9.17, 15) is 9.59 Å². The second-order valence-corrected chi connectivity index (χ2v) is 7.07. The van der Waals surface area contributed by atoms with Crippen LogP contribution in [0.3, 0.4) is 0 Å². The molecule has 0 spiro atoms. The van der Waals surface area contributed by atoms with Crippen molar-refractivity contribution in [1.82, 2.24) is 15.1 Å². The lowest BCUT2D eigenvalue weighted by atomic mass is 10.1. The minimum absolute atomic E-state index is 0.106. The van der Waals surface area contributed by atoms with Gasteiger partial charge in [0.15, 0.2) is 0 Å². The molecule has 5 rings (SSSR count). The quantitative estimate of drug-likeness (QED) is 0.611. The molecule has 2 aliphatic rings. The molecule has 0 saturated carbocycles. The molecule has 1 aromatic heterocycles. The second-order valence-electron chi connectivity index (χ2n) is 6.63. The Kier molecular flexibility index (Phi) is 4.39. The smallest absolute Gasteiger partial charge is 0.273 e. The summed E-state index contributed by atoms with van der Waals surface area (Å²) in [6.45, 7) is 0.212. The third-order valence-electron chi connectivity index (χ3n) is 4.80. The summed E-state index contributed by atoms with van der Waals surface area (Å²) >= 11 is 5.89. The summed E-state index contributed by atoms with van der Waals surface area (Å²) < 4.78 is 17.0. The predicted molar refractivity (Wildman–Crippen MR) is 100 cm³/mol. The predicted octanol–water partition coefficient (Wildman–Crippen LogP) is 3.10. The normalized spacial score (nSPS) is 21.5. The first-order valence-electron chi connectivity index (χ1n) is 8.91. The van der Waals surface area contributed by atoms with E-state index in [-0.39, 0.29) is 30.9 Å². The van der Waals surface area contributed by atoms with E-state index in [1.54, 1.807) is 48.5 Å². The van der Waals surface area contributed by atoms with Crippen molar-refractivity contribution >= 4 is 23.4 Å². The zero-order valence-electron chi connectivity index (χ0n) is 14.9. The number of halogens is 1. The van der Waals surface area contributed by atoms with Crippen LogP contribution in [0.5, 0.6) is 0 Å². The highest BCUT2D eigenvalue weighted by atomic mass is 35.5. The molecule has 2 amide bonds. The van der Waals surface area contributed by atoms with Crippen molar-refractivity contribution in [2.75, 3.05) is 13.2 Å². The van der Waals surface area contributed by atoms with Gasteiger partial charge in [0.2, 0.25) is 12.2 Å². The first-order valence-corrected chi connectivity index (χ1v) is 9.29. The average Bonchev–Trinajstić information content (AvgIpc) is 3.33. The molecule has 2 aromatic carbocycles. The van der Waals surface area contributed by atoms with Crippen LogP contribution in [-0.4, -0.2) is 46.2 Å². The lowest BCUT2D eigenvalue weighted by Crippen LogP contribution is -2.48. The number of rotatable bonds is 3. The number of nitrogens with zero attached hydrogens (tertiary/aromatic N) is 3. The van der Waals surface area contributed by atoms with Crippen LogP contribution in [0.25, 0.3) is 11.5 Å². The van der Waals surface area contributed by atoms with Crippen molar-refractivity contribution in [1.29, 1.82) is 0 Å². The second kappa shape index (κ2) is 7.07. The maximum absolute atomic E-state index is 12.6. The maximum Gasteiger partial charge on any atom is 0.273 e. The van der Waals surface area contributed by atoms with Gasteiger partial charge in [0.25, 0.3) is 17.7 Å². The summed E-state index contributed by atoms with van der Waals surface area (Å²) in [7, 11) is 0. The van der Waals surface area contributed by atoms with E-state index in [1.165, 1.54) is 4.90 Å². The molecule has 0 radical (unpaired) electrons. The summed E-state index contributed by atoms with van der Waals surface area (Å²) in [6, 6.07) is 13.2. The highest BCUT2D eigenvalue weighted by molar-refractivity contribution is 6.30. The van der Waals surface area contributed by atoms with Gasteiger partial charge in [0, 0.05) is 10.6 Å². The van der Waals surface area contributed by atoms with Gasteiger partial charge in [-0.15, -0.1) is 10.2 Å². The Bertz CT molecular complexity index is 1050. The number of hydrogen-bond donors (Lipinski definition) is 0. The van der Waals surface area contributed by atoms with E-state index in [1.807, 2.05) is 0 Å². The molecular weight excluding hydrogens is 398 g/mol. The highest BCUT2D eigenvalue weighted by Crippen LogP contribution is 2.30. The van der Waals surface area contributed by atoms with E-state index in [0.29, 0.717) is 27.6 Å². The molecule has 0 aliphatic carbocycles. The third kappa shape index (κ3) is 3.11. The molecule has 0 bridgehead atoms. The SMILES string of the molecule is O=C1c2ccccc2C(=O)N1C1COC(c2nnc(-c3ccc(Cl)cc3)o2)OC1. The van der Waals surface area contributed by atoms with Crippen LogP contribution in [0, 0.1) is 0 Å². The van der Waals surface area contributed by atoms with Crippen LogP contribution >= 0.6 is 11.6 Å². The summed E-state index contributed by atoms with van der Waals surface area (Å²) in [5.74, 6) is -0.213. The number of carbonyl (C=O) groups excluding carboxylic acids is 2. The van der Waals surface area contributed by atoms with Crippen LogP contribution in [-0.2, 0) is 9.47 Å². The van der Waals surface area contributed by atoms with Crippen LogP contribution in [0.15, 0.2) is 52.9 Å². The summed E-state index contributed by atoms with van der Waals surface area (Å²) in [5.41, 5.74) is 1.50. The number of benzene rings is 2. The Morgan fingerprint density at radius 1 is 0.897 bits per heavy atom. The van der Waals surface area contributed by atoms with E-state index < -0.39 is 12.3 Å². The summed E-state index contributed by atoms with van der Waals surface area (Å²) in [5, 5.41) is 8.58. The van der Waals surface area contributed by atoms with Crippen LogP contribution < -0.4 is 0 Å². The fraction of sp³-hybridized carbons (Fsp3) is 0.200. The number of ether oxygens (including phenoxy) is 2. The van der Waals surface area contributed by atoms with Crippen molar-refractivity contribution in [3.8, 4) is 11.5 Å². The fourth-order valence-electron chi connectivity index (χ4n) is 3.36. The van der Waals surface area contributed by atoms with Crippen molar-refractivity contribution in [3.05, 3.63) is 70.6 Å². The first kappa shape index (κ1) is 18.0. The third-order valence-corrected chi connectivity index (χ3v) is 5.06. The summed E-state index contributed by atoms with van der Waals surface area (Å²) in [4.78, 5) is 26.4. The number of carbonyl (C=O) groups is 2. The summed E-state index contributed by atoms with van der Waals surface area (Å²) in [6.07, 6.45) is -0.866.